The molecule has 0 aromatic carbocycles. The van der Waals surface area contributed by atoms with Crippen molar-refractivity contribution in [2.45, 2.75) is 77.8 Å². The van der Waals surface area contributed by atoms with Crippen LogP contribution in [0.15, 0.2) is 0 Å². The van der Waals surface area contributed by atoms with E-state index in [1.54, 1.807) is 7.11 Å². The van der Waals surface area contributed by atoms with Crippen LogP contribution in [-0.4, -0.2) is 75.3 Å². The van der Waals surface area contributed by atoms with Crippen LogP contribution >= 0.6 is 0 Å². The van der Waals surface area contributed by atoms with E-state index >= 15 is 0 Å². The topological polar surface area (TPSA) is 66.4 Å². The fourth-order valence-corrected chi connectivity index (χ4v) is 4.08. The lowest BCUT2D eigenvalue weighted by atomic mass is 9.93. The summed E-state index contributed by atoms with van der Waals surface area (Å²) in [6, 6.07) is 0. The molecule has 0 heterocycles. The van der Waals surface area contributed by atoms with Crippen molar-refractivity contribution in [3.8, 4) is 0 Å². The molecule has 0 saturated carbocycles. The van der Waals surface area contributed by atoms with E-state index in [2.05, 4.69) is 67.7 Å². The van der Waals surface area contributed by atoms with Gasteiger partial charge in [-0.3, -0.25) is 0 Å². The summed E-state index contributed by atoms with van der Waals surface area (Å²) in [5.41, 5.74) is -0.615. The second-order valence-electron chi connectivity index (χ2n) is 11.1. The molecular formula is C21H48O6Si2. The van der Waals surface area contributed by atoms with E-state index in [1.807, 2.05) is 0 Å². The van der Waals surface area contributed by atoms with E-state index in [0.29, 0.717) is 33.0 Å². The molecule has 0 aliphatic heterocycles. The van der Waals surface area contributed by atoms with Crippen LogP contribution in [0.1, 0.15) is 41.5 Å². The minimum Gasteiger partial charge on any atom is -0.416 e. The molecule has 0 saturated heterocycles. The van der Waals surface area contributed by atoms with Crippen LogP contribution < -0.4 is 0 Å². The van der Waals surface area contributed by atoms with Gasteiger partial charge in [-0.15, -0.1) is 0 Å². The first-order valence-electron chi connectivity index (χ1n) is 10.6. The Morgan fingerprint density at radius 2 is 1.14 bits per heavy atom. The lowest BCUT2D eigenvalue weighted by Crippen LogP contribution is -2.51. The summed E-state index contributed by atoms with van der Waals surface area (Å²) in [6.07, 6.45) is 0. The van der Waals surface area contributed by atoms with Gasteiger partial charge in [-0.1, -0.05) is 41.5 Å². The summed E-state index contributed by atoms with van der Waals surface area (Å²) >= 11 is 0. The van der Waals surface area contributed by atoms with Crippen LogP contribution in [0.3, 0.4) is 0 Å². The number of hydrogen-bond donors (Lipinski definition) is 1. The zero-order valence-corrected chi connectivity index (χ0v) is 22.9. The molecule has 0 rings (SSSR count). The Hall–Kier alpha value is 0.194. The molecule has 8 heteroatoms. The highest BCUT2D eigenvalue weighted by atomic mass is 28.4. The Kier molecular flexibility index (Phi) is 11.8. The number of rotatable bonds is 14. The molecule has 176 valence electrons. The predicted molar refractivity (Wildman–Crippen MR) is 124 cm³/mol. The SMILES string of the molecule is COCCOCOCC(CO)(CO[Si](C)(C)C(C)(C)C)CO[Si](C)(C)C(C)(C)C. The molecule has 1 N–H and O–H groups in total. The normalized spacial score (nSPS) is 14.5. The highest BCUT2D eigenvalue weighted by Crippen LogP contribution is 2.40. The Bertz CT molecular complexity index is 425. The lowest BCUT2D eigenvalue weighted by molar-refractivity contribution is -0.116. The van der Waals surface area contributed by atoms with E-state index in [0.717, 1.165) is 0 Å². The van der Waals surface area contributed by atoms with Crippen molar-refractivity contribution in [3.05, 3.63) is 0 Å². The van der Waals surface area contributed by atoms with E-state index in [-0.39, 0.29) is 23.5 Å². The second-order valence-corrected chi connectivity index (χ2v) is 20.7. The zero-order valence-electron chi connectivity index (χ0n) is 20.9. The quantitative estimate of drug-likeness (QED) is 0.235. The fraction of sp³-hybridized carbons (Fsp3) is 1.00. The summed E-state index contributed by atoms with van der Waals surface area (Å²) in [5.74, 6) is 0. The first kappa shape index (κ1) is 29.2. The lowest BCUT2D eigenvalue weighted by Gasteiger charge is -2.43. The van der Waals surface area contributed by atoms with Crippen LogP contribution in [0.4, 0.5) is 0 Å². The van der Waals surface area contributed by atoms with Gasteiger partial charge in [-0.05, 0) is 36.3 Å². The standard InChI is InChI=1S/C21H48O6Si2/c1-19(2,3)28(8,9)26-16-21(14-22,15-25-18-24-13-12-23-7)17-27-29(10,11)20(4,5)6/h22H,12-18H2,1-11H3. The summed E-state index contributed by atoms with van der Waals surface area (Å²) < 4.78 is 29.1. The molecule has 0 fully saturated rings. The number of aliphatic hydroxyl groups excluding tert-OH is 1. The van der Waals surface area contributed by atoms with Crippen molar-refractivity contribution >= 4 is 16.6 Å². The predicted octanol–water partition coefficient (Wildman–Crippen LogP) is 4.65. The largest absolute Gasteiger partial charge is 0.416 e. The molecular weight excluding hydrogens is 404 g/mol. The van der Waals surface area contributed by atoms with Crippen LogP contribution in [0.2, 0.25) is 36.3 Å². The van der Waals surface area contributed by atoms with Crippen LogP contribution in [0.25, 0.3) is 0 Å². The van der Waals surface area contributed by atoms with Crippen LogP contribution in [0, 0.1) is 5.41 Å². The smallest absolute Gasteiger partial charge is 0.192 e. The van der Waals surface area contributed by atoms with Crippen molar-refractivity contribution in [1.82, 2.24) is 0 Å². The van der Waals surface area contributed by atoms with Gasteiger partial charge in [0.15, 0.2) is 16.6 Å². The van der Waals surface area contributed by atoms with Gasteiger partial charge in [-0.2, -0.15) is 0 Å². The summed E-state index contributed by atoms with van der Waals surface area (Å²) in [7, 11) is -2.30. The molecule has 0 atom stereocenters. The minimum atomic E-state index is -1.97. The highest BCUT2D eigenvalue weighted by Gasteiger charge is 2.43. The second kappa shape index (κ2) is 11.7. The van der Waals surface area contributed by atoms with Gasteiger partial charge in [0, 0.05) is 20.3 Å². The van der Waals surface area contributed by atoms with Gasteiger partial charge in [0.25, 0.3) is 0 Å². The third-order valence-electron chi connectivity index (χ3n) is 6.43. The molecule has 0 unspecified atom stereocenters. The zero-order chi connectivity index (χ0) is 23.0. The maximum atomic E-state index is 10.3. The van der Waals surface area contributed by atoms with E-state index < -0.39 is 22.0 Å². The molecule has 29 heavy (non-hydrogen) atoms. The highest BCUT2D eigenvalue weighted by molar-refractivity contribution is 6.74. The van der Waals surface area contributed by atoms with Crippen LogP contribution in [-0.2, 0) is 23.1 Å². The fourth-order valence-electron chi connectivity index (χ4n) is 1.88. The maximum Gasteiger partial charge on any atom is 0.192 e. The molecule has 0 radical (unpaired) electrons. The van der Waals surface area contributed by atoms with Crippen molar-refractivity contribution < 1.29 is 28.2 Å². The number of ether oxygens (including phenoxy) is 3. The molecule has 0 aromatic rings. The van der Waals surface area contributed by atoms with Crippen molar-refractivity contribution in [2.75, 3.05) is 53.5 Å². The van der Waals surface area contributed by atoms with Gasteiger partial charge in [0.1, 0.15) is 6.79 Å². The molecule has 0 spiro atoms. The molecule has 0 aliphatic carbocycles. The monoisotopic (exact) mass is 452 g/mol. The summed E-state index contributed by atoms with van der Waals surface area (Å²) in [5, 5.41) is 10.5. The molecule has 0 bridgehead atoms. The van der Waals surface area contributed by atoms with Gasteiger partial charge in [-0.25, -0.2) is 0 Å². The van der Waals surface area contributed by atoms with E-state index in [9.17, 15) is 5.11 Å². The average Bonchev–Trinajstić information content (AvgIpc) is 2.58. The Labute approximate surface area is 181 Å². The van der Waals surface area contributed by atoms with Crippen molar-refractivity contribution in [3.63, 3.8) is 0 Å². The molecule has 0 aliphatic rings. The van der Waals surface area contributed by atoms with Crippen LogP contribution in [0.5, 0.6) is 0 Å². The summed E-state index contributed by atoms with van der Waals surface area (Å²) in [4.78, 5) is 0. The first-order valence-corrected chi connectivity index (χ1v) is 16.4. The molecule has 6 nitrogen and oxygen atoms in total. The van der Waals surface area contributed by atoms with Gasteiger partial charge in [0.2, 0.25) is 0 Å². The van der Waals surface area contributed by atoms with Crippen molar-refractivity contribution in [1.29, 1.82) is 0 Å². The average molecular weight is 453 g/mol. The third-order valence-corrected chi connectivity index (χ3v) is 15.4. The summed E-state index contributed by atoms with van der Waals surface area (Å²) in [6.45, 7) is 24.4. The minimum absolute atomic E-state index is 0.0612. The maximum absolute atomic E-state index is 10.3. The van der Waals surface area contributed by atoms with Crippen molar-refractivity contribution in [2.24, 2.45) is 5.41 Å². The molecule has 0 aromatic heterocycles. The first-order chi connectivity index (χ1) is 13.0. The van der Waals surface area contributed by atoms with Gasteiger partial charge >= 0.3 is 0 Å². The van der Waals surface area contributed by atoms with Gasteiger partial charge in [0.05, 0.1) is 31.8 Å². The number of hydrogen-bond acceptors (Lipinski definition) is 6. The van der Waals surface area contributed by atoms with E-state index in [4.69, 9.17) is 23.1 Å². The Morgan fingerprint density at radius 1 is 0.690 bits per heavy atom. The number of aliphatic hydroxyl groups is 1. The van der Waals surface area contributed by atoms with E-state index in [1.165, 1.54) is 0 Å². The third kappa shape index (κ3) is 9.90. The number of methoxy groups -OCH3 is 1. The Morgan fingerprint density at radius 3 is 1.48 bits per heavy atom. The van der Waals surface area contributed by atoms with Gasteiger partial charge < -0.3 is 28.2 Å². The Balaban J connectivity index is 5.21. The molecule has 0 amide bonds.